The number of benzene rings is 2. The van der Waals surface area contributed by atoms with Crippen LogP contribution in [0, 0.1) is 0 Å². The average Bonchev–Trinajstić information content (AvgIpc) is 2.67. The zero-order valence-electron chi connectivity index (χ0n) is 11.9. The molecule has 0 fully saturated rings. The average molecular weight is 344 g/mol. The molecule has 0 bridgehead atoms. The van der Waals surface area contributed by atoms with Gasteiger partial charge in [0.15, 0.2) is 0 Å². The lowest BCUT2D eigenvalue weighted by Gasteiger charge is -2.24. The number of allylic oxidation sites excluding steroid dienone is 1. The van der Waals surface area contributed by atoms with Gasteiger partial charge in [-0.1, -0.05) is 40.2 Å². The Kier molecular flexibility index (Phi) is 3.88. The molecule has 1 aliphatic rings. The Morgan fingerprint density at radius 3 is 2.76 bits per heavy atom. The molecular formula is C17H18BrN3. The summed E-state index contributed by atoms with van der Waals surface area (Å²) in [6.45, 7) is 3.68. The van der Waals surface area contributed by atoms with Gasteiger partial charge in [-0.2, -0.15) is 0 Å². The highest BCUT2D eigenvalue weighted by molar-refractivity contribution is 9.10. The predicted octanol–water partition coefficient (Wildman–Crippen LogP) is 3.84. The molecule has 2 aromatic carbocycles. The van der Waals surface area contributed by atoms with E-state index in [4.69, 9.17) is 5.73 Å². The second-order valence-corrected chi connectivity index (χ2v) is 6.05. The van der Waals surface area contributed by atoms with Crippen LogP contribution in [0.3, 0.4) is 0 Å². The molecule has 0 atom stereocenters. The van der Waals surface area contributed by atoms with Crippen molar-refractivity contribution in [1.29, 1.82) is 0 Å². The normalized spacial score (nSPS) is 16.8. The van der Waals surface area contributed by atoms with Crippen molar-refractivity contribution in [1.82, 2.24) is 5.32 Å². The van der Waals surface area contributed by atoms with E-state index in [1.54, 1.807) is 0 Å². The van der Waals surface area contributed by atoms with Gasteiger partial charge in [-0.15, -0.1) is 0 Å². The fourth-order valence-electron chi connectivity index (χ4n) is 2.69. The first-order valence-corrected chi connectivity index (χ1v) is 7.79. The van der Waals surface area contributed by atoms with Crippen LogP contribution < -0.4 is 16.0 Å². The first-order valence-electron chi connectivity index (χ1n) is 6.99. The molecular weight excluding hydrogens is 326 g/mol. The van der Waals surface area contributed by atoms with Gasteiger partial charge in [0.05, 0.1) is 11.4 Å². The van der Waals surface area contributed by atoms with Crippen molar-refractivity contribution in [2.75, 3.05) is 18.0 Å². The van der Waals surface area contributed by atoms with Crippen LogP contribution >= 0.6 is 15.9 Å². The van der Waals surface area contributed by atoms with Gasteiger partial charge >= 0.3 is 0 Å². The highest BCUT2D eigenvalue weighted by Gasteiger charge is 2.20. The predicted molar refractivity (Wildman–Crippen MR) is 92.4 cm³/mol. The number of fused-ring (bicyclic) bond motifs is 1. The maximum atomic E-state index is 6.05. The Morgan fingerprint density at radius 1 is 1.19 bits per heavy atom. The molecule has 0 saturated carbocycles. The highest BCUT2D eigenvalue weighted by Crippen LogP contribution is 2.34. The van der Waals surface area contributed by atoms with Gasteiger partial charge in [0.25, 0.3) is 0 Å². The van der Waals surface area contributed by atoms with E-state index in [2.05, 4.69) is 62.5 Å². The highest BCUT2D eigenvalue weighted by atomic mass is 79.9. The fourth-order valence-corrected chi connectivity index (χ4v) is 3.08. The van der Waals surface area contributed by atoms with Gasteiger partial charge in [-0.3, -0.25) is 0 Å². The number of anilines is 2. The minimum atomic E-state index is 0.818. The number of nitrogens with one attached hydrogen (secondary N) is 1. The molecule has 3 nitrogen and oxygen atoms in total. The molecule has 0 saturated heterocycles. The fraction of sp³-hybridized carbons (Fsp3) is 0.176. The number of hydrogen-bond donors (Lipinski definition) is 2. The van der Waals surface area contributed by atoms with Crippen molar-refractivity contribution >= 4 is 33.0 Å². The second-order valence-electron chi connectivity index (χ2n) is 5.13. The second kappa shape index (κ2) is 5.82. The quantitative estimate of drug-likeness (QED) is 0.826. The van der Waals surface area contributed by atoms with Gasteiger partial charge in [0, 0.05) is 34.5 Å². The summed E-state index contributed by atoms with van der Waals surface area (Å²) in [6, 6.07) is 16.8. The molecule has 108 valence electrons. The van der Waals surface area contributed by atoms with Gasteiger partial charge in [0.1, 0.15) is 0 Å². The Balaban J connectivity index is 2.15. The zero-order chi connectivity index (χ0) is 14.8. The number of hydrogen-bond acceptors (Lipinski definition) is 3. The van der Waals surface area contributed by atoms with E-state index in [0.29, 0.717) is 0 Å². The number of nitrogens with zero attached hydrogens (tertiary/aromatic N) is 1. The first-order chi connectivity index (χ1) is 10.2. The summed E-state index contributed by atoms with van der Waals surface area (Å²) in [7, 11) is 0. The number of rotatable bonds is 1. The standard InChI is InChI=1S/C17H18BrN3/c1-12(19)17-15-7-2-3-8-16(15)21(10-9-20-17)14-6-4-5-13(18)11-14/h2-8,11,20H,9-10,19H2,1H3/b17-12-. The lowest BCUT2D eigenvalue weighted by Crippen LogP contribution is -2.24. The molecule has 2 aromatic rings. The van der Waals surface area contributed by atoms with Crippen LogP contribution in [0.4, 0.5) is 11.4 Å². The molecule has 0 radical (unpaired) electrons. The molecule has 4 heteroatoms. The van der Waals surface area contributed by atoms with Crippen molar-refractivity contribution < 1.29 is 0 Å². The molecule has 3 N–H and O–H groups in total. The SMILES string of the molecule is C/C(N)=C1/NCCN(c2cccc(Br)c2)c2ccccc21. The van der Waals surface area contributed by atoms with Crippen molar-refractivity contribution in [3.05, 3.63) is 64.3 Å². The van der Waals surface area contributed by atoms with Crippen molar-refractivity contribution in [2.24, 2.45) is 5.73 Å². The lowest BCUT2D eigenvalue weighted by molar-refractivity contribution is 0.846. The maximum absolute atomic E-state index is 6.05. The summed E-state index contributed by atoms with van der Waals surface area (Å²) in [5.74, 6) is 0. The molecule has 1 heterocycles. The summed E-state index contributed by atoms with van der Waals surface area (Å²) in [6.07, 6.45) is 0. The molecule has 0 aromatic heterocycles. The minimum Gasteiger partial charge on any atom is -0.401 e. The van der Waals surface area contributed by atoms with Crippen molar-refractivity contribution in [3.63, 3.8) is 0 Å². The summed E-state index contributed by atoms with van der Waals surface area (Å²) in [4.78, 5) is 2.32. The number of halogens is 1. The summed E-state index contributed by atoms with van der Waals surface area (Å²) in [5.41, 5.74) is 11.4. The monoisotopic (exact) mass is 343 g/mol. The van der Waals surface area contributed by atoms with Crippen LogP contribution in [0.25, 0.3) is 5.70 Å². The van der Waals surface area contributed by atoms with Gasteiger partial charge in [0.2, 0.25) is 0 Å². The number of para-hydroxylation sites is 1. The van der Waals surface area contributed by atoms with Gasteiger partial charge in [-0.25, -0.2) is 0 Å². The third-order valence-corrected chi connectivity index (χ3v) is 4.11. The smallest absolute Gasteiger partial charge is 0.0623 e. The van der Waals surface area contributed by atoms with Crippen molar-refractivity contribution in [2.45, 2.75) is 6.92 Å². The first kappa shape index (κ1) is 14.0. The Labute approximate surface area is 133 Å². The van der Waals surface area contributed by atoms with E-state index in [-0.39, 0.29) is 0 Å². The summed E-state index contributed by atoms with van der Waals surface area (Å²) >= 11 is 3.55. The van der Waals surface area contributed by atoms with Crippen LogP contribution in [-0.4, -0.2) is 13.1 Å². The van der Waals surface area contributed by atoms with E-state index in [1.807, 2.05) is 19.1 Å². The van der Waals surface area contributed by atoms with E-state index in [9.17, 15) is 0 Å². The maximum Gasteiger partial charge on any atom is 0.0623 e. The summed E-state index contributed by atoms with van der Waals surface area (Å²) < 4.78 is 1.08. The third kappa shape index (κ3) is 2.76. The lowest BCUT2D eigenvalue weighted by atomic mass is 10.1. The minimum absolute atomic E-state index is 0.818. The molecule has 0 unspecified atom stereocenters. The van der Waals surface area contributed by atoms with Crippen LogP contribution in [0.2, 0.25) is 0 Å². The zero-order valence-corrected chi connectivity index (χ0v) is 13.5. The molecule has 1 aliphatic heterocycles. The van der Waals surface area contributed by atoms with Gasteiger partial charge < -0.3 is 16.0 Å². The van der Waals surface area contributed by atoms with Crippen LogP contribution in [0.1, 0.15) is 12.5 Å². The van der Waals surface area contributed by atoms with E-state index in [1.165, 1.54) is 11.4 Å². The van der Waals surface area contributed by atoms with Gasteiger partial charge in [-0.05, 0) is 31.2 Å². The Hall–Kier alpha value is -1.94. The Morgan fingerprint density at radius 2 is 2.00 bits per heavy atom. The molecule has 0 spiro atoms. The molecule has 3 rings (SSSR count). The Bertz CT molecular complexity index is 690. The molecule has 0 amide bonds. The third-order valence-electron chi connectivity index (χ3n) is 3.62. The summed E-state index contributed by atoms with van der Waals surface area (Å²) in [5, 5.41) is 3.45. The van der Waals surface area contributed by atoms with Crippen LogP contribution in [-0.2, 0) is 0 Å². The van der Waals surface area contributed by atoms with Crippen LogP contribution in [0.5, 0.6) is 0 Å². The van der Waals surface area contributed by atoms with E-state index >= 15 is 0 Å². The van der Waals surface area contributed by atoms with Crippen molar-refractivity contribution in [3.8, 4) is 0 Å². The van der Waals surface area contributed by atoms with E-state index < -0.39 is 0 Å². The molecule has 0 aliphatic carbocycles. The largest absolute Gasteiger partial charge is 0.401 e. The topological polar surface area (TPSA) is 41.3 Å². The number of nitrogens with two attached hydrogens (primary N) is 1. The molecule has 21 heavy (non-hydrogen) atoms. The van der Waals surface area contributed by atoms with E-state index in [0.717, 1.165) is 34.5 Å². The van der Waals surface area contributed by atoms with Crippen LogP contribution in [0.15, 0.2) is 58.7 Å².